The van der Waals surface area contributed by atoms with Gasteiger partial charge in [0.15, 0.2) is 5.65 Å². The largest absolute Gasteiger partial charge is 0.378 e. The van der Waals surface area contributed by atoms with Crippen molar-refractivity contribution >= 4 is 5.65 Å². The fourth-order valence-corrected chi connectivity index (χ4v) is 3.85. The summed E-state index contributed by atoms with van der Waals surface area (Å²) in [6, 6.07) is 9.39. The Morgan fingerprint density at radius 1 is 1.06 bits per heavy atom. The molecule has 6 nitrogen and oxygen atoms in total. The van der Waals surface area contributed by atoms with Crippen molar-refractivity contribution in [3.05, 3.63) is 83.1 Å². The van der Waals surface area contributed by atoms with Crippen molar-refractivity contribution in [2.45, 2.75) is 38.3 Å². The molecule has 0 fully saturated rings. The van der Waals surface area contributed by atoms with E-state index < -0.39 is 35.5 Å². The summed E-state index contributed by atoms with van der Waals surface area (Å²) in [6.45, 7) is 3.08. The molecule has 36 heavy (non-hydrogen) atoms. The number of halogens is 4. The van der Waals surface area contributed by atoms with Gasteiger partial charge in [0.05, 0.1) is 11.7 Å². The minimum atomic E-state index is -2.82. The molecule has 1 aromatic carbocycles. The van der Waals surface area contributed by atoms with Gasteiger partial charge in [-0.15, -0.1) is 10.2 Å². The SMILES string of the molecule is CNC(Cc1cc(F)cc(F)c1)c1nc(C#CC(C)(C)O)ccc1-c1cccn2c(C(F)F)nnc12. The van der Waals surface area contributed by atoms with Gasteiger partial charge >= 0.3 is 0 Å². The lowest BCUT2D eigenvalue weighted by atomic mass is 9.95. The molecule has 1 unspecified atom stereocenters. The summed E-state index contributed by atoms with van der Waals surface area (Å²) in [5.41, 5.74) is 1.21. The van der Waals surface area contributed by atoms with E-state index >= 15 is 0 Å². The topological polar surface area (TPSA) is 75.3 Å². The van der Waals surface area contributed by atoms with Crippen LogP contribution in [-0.4, -0.2) is 37.3 Å². The molecular formula is C26H23F4N5O. The Bertz CT molecular complexity index is 1450. The lowest BCUT2D eigenvalue weighted by molar-refractivity contribution is 0.139. The molecule has 0 saturated carbocycles. The maximum Gasteiger partial charge on any atom is 0.297 e. The highest BCUT2D eigenvalue weighted by Crippen LogP contribution is 2.32. The third-order valence-electron chi connectivity index (χ3n) is 5.41. The summed E-state index contributed by atoms with van der Waals surface area (Å²) in [5.74, 6) is 3.64. The molecule has 0 bridgehead atoms. The van der Waals surface area contributed by atoms with E-state index in [2.05, 4.69) is 32.3 Å². The van der Waals surface area contributed by atoms with Gasteiger partial charge in [-0.3, -0.25) is 4.40 Å². The highest BCUT2D eigenvalue weighted by molar-refractivity contribution is 5.79. The highest BCUT2D eigenvalue weighted by Gasteiger charge is 2.23. The Morgan fingerprint density at radius 2 is 1.78 bits per heavy atom. The van der Waals surface area contributed by atoms with Crippen molar-refractivity contribution in [3.63, 3.8) is 0 Å². The number of likely N-dealkylation sites (N-methyl/N-ethyl adjacent to an activating group) is 1. The van der Waals surface area contributed by atoms with Crippen LogP contribution >= 0.6 is 0 Å². The number of aliphatic hydroxyl groups is 1. The Balaban J connectivity index is 1.89. The van der Waals surface area contributed by atoms with Crippen molar-refractivity contribution in [2.75, 3.05) is 7.05 Å². The second kappa shape index (κ2) is 10.0. The number of rotatable bonds is 6. The van der Waals surface area contributed by atoms with Gasteiger partial charge in [-0.05, 0) is 75.2 Å². The highest BCUT2D eigenvalue weighted by atomic mass is 19.3. The van der Waals surface area contributed by atoms with Gasteiger partial charge in [-0.25, -0.2) is 22.5 Å². The average Bonchev–Trinajstić information content (AvgIpc) is 3.25. The van der Waals surface area contributed by atoms with Crippen LogP contribution in [0.3, 0.4) is 0 Å². The van der Waals surface area contributed by atoms with E-state index in [4.69, 9.17) is 0 Å². The van der Waals surface area contributed by atoms with Gasteiger partial charge in [0.25, 0.3) is 6.43 Å². The van der Waals surface area contributed by atoms with E-state index in [9.17, 15) is 22.7 Å². The minimum absolute atomic E-state index is 0.172. The zero-order valence-electron chi connectivity index (χ0n) is 19.7. The third-order valence-corrected chi connectivity index (χ3v) is 5.41. The second-order valence-corrected chi connectivity index (χ2v) is 8.74. The van der Waals surface area contributed by atoms with Crippen LogP contribution in [-0.2, 0) is 6.42 Å². The van der Waals surface area contributed by atoms with Gasteiger partial charge in [0.2, 0.25) is 5.82 Å². The molecule has 0 aliphatic heterocycles. The molecule has 0 radical (unpaired) electrons. The molecule has 0 spiro atoms. The molecule has 3 aromatic heterocycles. The Labute approximate surface area is 205 Å². The number of pyridine rings is 2. The number of aromatic nitrogens is 4. The van der Waals surface area contributed by atoms with Crippen molar-refractivity contribution < 1.29 is 22.7 Å². The van der Waals surface area contributed by atoms with Crippen molar-refractivity contribution in [1.82, 2.24) is 24.9 Å². The molecule has 0 amide bonds. The predicted octanol–water partition coefficient (Wildman–Crippen LogP) is 4.63. The molecule has 1 atom stereocenters. The van der Waals surface area contributed by atoms with E-state index in [1.54, 1.807) is 31.3 Å². The normalized spacial score (nSPS) is 12.6. The zero-order valence-corrected chi connectivity index (χ0v) is 19.7. The Hall–Kier alpha value is -3.81. The molecule has 4 aromatic rings. The van der Waals surface area contributed by atoms with Crippen LogP contribution in [0.25, 0.3) is 16.8 Å². The van der Waals surface area contributed by atoms with Gasteiger partial charge in [0, 0.05) is 23.4 Å². The summed E-state index contributed by atoms with van der Waals surface area (Å²) >= 11 is 0. The Kier molecular flexibility index (Phi) is 7.06. The van der Waals surface area contributed by atoms with E-state index in [0.717, 1.165) is 6.07 Å². The van der Waals surface area contributed by atoms with E-state index in [-0.39, 0.29) is 12.1 Å². The maximum atomic E-state index is 13.9. The van der Waals surface area contributed by atoms with Crippen LogP contribution in [0.15, 0.2) is 48.7 Å². The summed E-state index contributed by atoms with van der Waals surface area (Å²) < 4.78 is 55.8. The molecular weight excluding hydrogens is 474 g/mol. The lowest BCUT2D eigenvalue weighted by Gasteiger charge is -2.20. The predicted molar refractivity (Wildman–Crippen MR) is 126 cm³/mol. The van der Waals surface area contributed by atoms with Crippen molar-refractivity contribution in [2.24, 2.45) is 0 Å². The first-order chi connectivity index (χ1) is 17.1. The van der Waals surface area contributed by atoms with Crippen LogP contribution < -0.4 is 5.32 Å². The smallest absolute Gasteiger partial charge is 0.297 e. The summed E-state index contributed by atoms with van der Waals surface area (Å²) in [4.78, 5) is 4.67. The fraction of sp³-hybridized carbons (Fsp3) is 0.269. The molecule has 186 valence electrons. The quantitative estimate of drug-likeness (QED) is 0.300. The molecule has 2 N–H and O–H groups in total. The standard InChI is InChI=1S/C26H23F4N5O/c1-26(2,36)9-8-18-6-7-19(20-5-4-10-35-24(20)33-34-25(35)23(29)30)22(32-18)21(31-3)13-15-11-16(27)14-17(28)12-15/h4-7,10-12,14,21,23,31,36H,13H2,1-3H3. The number of nitrogens with zero attached hydrogens (tertiary/aromatic N) is 4. The van der Waals surface area contributed by atoms with Gasteiger partial charge in [-0.2, -0.15) is 0 Å². The third kappa shape index (κ3) is 5.53. The van der Waals surface area contributed by atoms with Gasteiger partial charge < -0.3 is 10.4 Å². The number of benzene rings is 1. The Morgan fingerprint density at radius 3 is 2.42 bits per heavy atom. The molecule has 10 heteroatoms. The molecule has 0 saturated heterocycles. The first-order valence-electron chi connectivity index (χ1n) is 11.1. The first kappa shape index (κ1) is 25.3. The number of nitrogens with one attached hydrogen (secondary N) is 1. The van der Waals surface area contributed by atoms with Crippen molar-refractivity contribution in [1.29, 1.82) is 0 Å². The zero-order chi connectivity index (χ0) is 26.0. The fourth-order valence-electron chi connectivity index (χ4n) is 3.85. The van der Waals surface area contributed by atoms with Crippen LogP contribution in [0.1, 0.15) is 49.1 Å². The summed E-state index contributed by atoms with van der Waals surface area (Å²) in [7, 11) is 1.67. The van der Waals surface area contributed by atoms with Crippen LogP contribution in [0.4, 0.5) is 17.6 Å². The summed E-state index contributed by atoms with van der Waals surface area (Å²) in [6.07, 6.45) is -1.20. The first-order valence-corrected chi connectivity index (χ1v) is 11.1. The van der Waals surface area contributed by atoms with Gasteiger partial charge in [-0.1, -0.05) is 5.92 Å². The molecule has 0 aliphatic carbocycles. The average molecular weight is 497 g/mol. The van der Waals surface area contributed by atoms with Gasteiger partial charge in [0.1, 0.15) is 22.9 Å². The molecule has 4 rings (SSSR count). The number of hydrogen-bond acceptors (Lipinski definition) is 5. The monoisotopic (exact) mass is 497 g/mol. The summed E-state index contributed by atoms with van der Waals surface area (Å²) in [5, 5.41) is 20.7. The van der Waals surface area contributed by atoms with E-state index in [1.165, 1.54) is 36.6 Å². The maximum absolute atomic E-state index is 13.9. The van der Waals surface area contributed by atoms with Crippen LogP contribution in [0, 0.1) is 23.5 Å². The van der Waals surface area contributed by atoms with E-state index in [1.807, 2.05) is 0 Å². The van der Waals surface area contributed by atoms with E-state index in [0.29, 0.717) is 28.1 Å². The number of alkyl halides is 2. The molecule has 0 aliphatic rings. The second-order valence-electron chi connectivity index (χ2n) is 8.74. The lowest BCUT2D eigenvalue weighted by Crippen LogP contribution is -2.22. The van der Waals surface area contributed by atoms with Crippen molar-refractivity contribution in [3.8, 4) is 23.0 Å². The number of hydrogen-bond donors (Lipinski definition) is 2. The van der Waals surface area contributed by atoms with Crippen LogP contribution in [0.2, 0.25) is 0 Å². The van der Waals surface area contributed by atoms with Crippen LogP contribution in [0.5, 0.6) is 0 Å². The molecule has 3 heterocycles. The minimum Gasteiger partial charge on any atom is -0.378 e. The number of fused-ring (bicyclic) bond motifs is 1.